The monoisotopic (exact) mass is 401 g/mol. The molecule has 28 heavy (non-hydrogen) atoms. The Bertz CT molecular complexity index is 746. The van der Waals surface area contributed by atoms with E-state index in [2.05, 4.69) is 33.8 Å². The molecule has 1 aromatic heterocycles. The topological polar surface area (TPSA) is 45.7 Å². The number of halogens is 1. The van der Waals surface area contributed by atoms with Crippen molar-refractivity contribution < 1.29 is 9.53 Å². The number of aldehydes is 1. The number of benzene rings is 1. The van der Waals surface area contributed by atoms with Crippen LogP contribution in [0.3, 0.4) is 0 Å². The zero-order valence-electron chi connectivity index (χ0n) is 16.4. The van der Waals surface area contributed by atoms with Crippen LogP contribution in [0.2, 0.25) is 5.02 Å². The number of carbonyl (C=O) groups is 1. The molecule has 1 fully saturated rings. The highest BCUT2D eigenvalue weighted by molar-refractivity contribution is 6.32. The van der Waals surface area contributed by atoms with Crippen molar-refractivity contribution >= 4 is 23.7 Å². The molecule has 0 saturated carbocycles. The lowest BCUT2D eigenvalue weighted by Crippen LogP contribution is -2.51. The van der Waals surface area contributed by atoms with Crippen molar-refractivity contribution in [2.24, 2.45) is 0 Å². The fourth-order valence-corrected chi connectivity index (χ4v) is 3.68. The van der Waals surface area contributed by atoms with Crippen LogP contribution in [0.15, 0.2) is 42.6 Å². The van der Waals surface area contributed by atoms with E-state index < -0.39 is 0 Å². The second kappa shape index (κ2) is 10.4. The highest BCUT2D eigenvalue weighted by atomic mass is 35.5. The third kappa shape index (κ3) is 5.46. The van der Waals surface area contributed by atoms with Gasteiger partial charge in [0.2, 0.25) is 0 Å². The lowest BCUT2D eigenvalue weighted by atomic mass is 10.0. The van der Waals surface area contributed by atoms with Gasteiger partial charge in [-0.05, 0) is 42.7 Å². The Morgan fingerprint density at radius 2 is 1.93 bits per heavy atom. The molecule has 1 aromatic carbocycles. The molecule has 1 aliphatic rings. The zero-order valence-corrected chi connectivity index (χ0v) is 17.1. The van der Waals surface area contributed by atoms with E-state index in [4.69, 9.17) is 16.3 Å². The summed E-state index contributed by atoms with van der Waals surface area (Å²) >= 11 is 6.26. The van der Waals surface area contributed by atoms with Crippen LogP contribution in [-0.2, 0) is 11.2 Å². The van der Waals surface area contributed by atoms with E-state index in [0.29, 0.717) is 11.4 Å². The predicted molar refractivity (Wildman–Crippen MR) is 113 cm³/mol. The largest absolute Gasteiger partial charge is 0.494 e. The average Bonchev–Trinajstić information content (AvgIpc) is 2.74. The number of ether oxygens (including phenoxy) is 1. The Morgan fingerprint density at radius 1 is 1.18 bits per heavy atom. The molecule has 150 valence electrons. The van der Waals surface area contributed by atoms with Crippen LogP contribution in [0.5, 0.6) is 5.75 Å². The van der Waals surface area contributed by atoms with Crippen LogP contribution < -0.4 is 9.64 Å². The lowest BCUT2D eigenvalue weighted by Gasteiger charge is -2.38. The number of aromatic nitrogens is 1. The standard InChI is InChI=1S/C22H28ClN3O2/c1-2-3-15-28-20-8-6-18(7-9-20)16-19(17-27)25-11-13-26(14-12-25)22-21(23)5-4-10-24-22/h4-10,17,19H,2-3,11-16H2,1H3. The second-order valence-electron chi connectivity index (χ2n) is 7.09. The molecule has 1 saturated heterocycles. The lowest BCUT2D eigenvalue weighted by molar-refractivity contribution is -0.112. The Hall–Kier alpha value is -2.11. The maximum atomic E-state index is 11.7. The summed E-state index contributed by atoms with van der Waals surface area (Å²) in [6.45, 7) is 6.15. The van der Waals surface area contributed by atoms with Gasteiger partial charge in [0.15, 0.2) is 0 Å². The van der Waals surface area contributed by atoms with Gasteiger partial charge in [-0.2, -0.15) is 0 Å². The average molecular weight is 402 g/mol. The second-order valence-corrected chi connectivity index (χ2v) is 7.49. The Balaban J connectivity index is 1.53. The molecular formula is C22H28ClN3O2. The molecule has 0 amide bonds. The first-order chi connectivity index (χ1) is 13.7. The van der Waals surface area contributed by atoms with Crippen LogP contribution in [0.4, 0.5) is 5.82 Å². The Kier molecular flexibility index (Phi) is 7.69. The van der Waals surface area contributed by atoms with Gasteiger partial charge >= 0.3 is 0 Å². The quantitative estimate of drug-likeness (QED) is 0.471. The Labute approximate surface area is 172 Å². The third-order valence-corrected chi connectivity index (χ3v) is 5.41. The van der Waals surface area contributed by atoms with Crippen molar-refractivity contribution in [3.63, 3.8) is 0 Å². The van der Waals surface area contributed by atoms with Gasteiger partial charge in [0.05, 0.1) is 17.7 Å². The van der Waals surface area contributed by atoms with Gasteiger partial charge in [-0.1, -0.05) is 37.1 Å². The van der Waals surface area contributed by atoms with Crippen molar-refractivity contribution in [1.29, 1.82) is 0 Å². The zero-order chi connectivity index (χ0) is 19.8. The van der Waals surface area contributed by atoms with Crippen molar-refractivity contribution in [3.05, 3.63) is 53.2 Å². The maximum Gasteiger partial charge on any atom is 0.147 e. The number of hydrogen-bond acceptors (Lipinski definition) is 5. The van der Waals surface area contributed by atoms with Crippen LogP contribution in [0.25, 0.3) is 0 Å². The van der Waals surface area contributed by atoms with Gasteiger partial charge in [0, 0.05) is 32.4 Å². The summed E-state index contributed by atoms with van der Waals surface area (Å²) in [5.41, 5.74) is 1.15. The summed E-state index contributed by atoms with van der Waals surface area (Å²) in [5, 5.41) is 0.670. The van der Waals surface area contributed by atoms with Crippen LogP contribution >= 0.6 is 11.6 Å². The number of anilines is 1. The SMILES string of the molecule is CCCCOc1ccc(CC(C=O)N2CCN(c3ncccc3Cl)CC2)cc1. The van der Waals surface area contributed by atoms with Gasteiger partial charge in [0.25, 0.3) is 0 Å². The normalized spacial score (nSPS) is 16.0. The van der Waals surface area contributed by atoms with Crippen LogP contribution in [0.1, 0.15) is 25.3 Å². The summed E-state index contributed by atoms with van der Waals surface area (Å²) in [5.74, 6) is 1.71. The summed E-state index contributed by atoms with van der Waals surface area (Å²) in [4.78, 5) is 20.6. The molecule has 2 heterocycles. The number of carbonyl (C=O) groups excluding carboxylic acids is 1. The summed E-state index contributed by atoms with van der Waals surface area (Å²) < 4.78 is 5.71. The molecule has 0 aliphatic carbocycles. The number of piperazine rings is 1. The van der Waals surface area contributed by atoms with Crippen LogP contribution in [0, 0.1) is 0 Å². The van der Waals surface area contributed by atoms with E-state index in [-0.39, 0.29) is 6.04 Å². The molecule has 0 radical (unpaired) electrons. The molecular weight excluding hydrogens is 374 g/mol. The molecule has 1 aliphatic heterocycles. The number of hydrogen-bond donors (Lipinski definition) is 0. The van der Waals surface area contributed by atoms with Crippen molar-refractivity contribution in [1.82, 2.24) is 9.88 Å². The smallest absolute Gasteiger partial charge is 0.147 e. The summed E-state index contributed by atoms with van der Waals surface area (Å²) in [7, 11) is 0. The first-order valence-corrected chi connectivity index (χ1v) is 10.4. The van der Waals surface area contributed by atoms with Gasteiger partial charge in [0.1, 0.15) is 17.9 Å². The first kappa shape index (κ1) is 20.6. The van der Waals surface area contributed by atoms with Crippen molar-refractivity contribution in [3.8, 4) is 5.75 Å². The van der Waals surface area contributed by atoms with Crippen molar-refractivity contribution in [2.45, 2.75) is 32.2 Å². The summed E-state index contributed by atoms with van der Waals surface area (Å²) in [6.07, 6.45) is 5.72. The third-order valence-electron chi connectivity index (χ3n) is 5.11. The molecule has 1 atom stereocenters. The minimum Gasteiger partial charge on any atom is -0.494 e. The molecule has 2 aromatic rings. The van der Waals surface area contributed by atoms with E-state index in [0.717, 1.165) is 69.0 Å². The molecule has 1 unspecified atom stereocenters. The molecule has 0 bridgehead atoms. The number of pyridine rings is 1. The van der Waals surface area contributed by atoms with Gasteiger partial charge in [-0.15, -0.1) is 0 Å². The van der Waals surface area contributed by atoms with Gasteiger partial charge in [-0.3, -0.25) is 4.90 Å². The fraction of sp³-hybridized carbons (Fsp3) is 0.455. The van der Waals surface area contributed by atoms with E-state index in [1.807, 2.05) is 24.3 Å². The van der Waals surface area contributed by atoms with Crippen molar-refractivity contribution in [2.75, 3.05) is 37.7 Å². The minimum absolute atomic E-state index is 0.117. The molecule has 3 rings (SSSR count). The number of rotatable bonds is 9. The molecule has 5 nitrogen and oxygen atoms in total. The Morgan fingerprint density at radius 3 is 2.57 bits per heavy atom. The highest BCUT2D eigenvalue weighted by Crippen LogP contribution is 2.24. The highest BCUT2D eigenvalue weighted by Gasteiger charge is 2.25. The van der Waals surface area contributed by atoms with Crippen LogP contribution in [-0.4, -0.2) is 55.0 Å². The van der Waals surface area contributed by atoms with E-state index in [1.54, 1.807) is 6.20 Å². The maximum absolute atomic E-state index is 11.7. The van der Waals surface area contributed by atoms with Gasteiger partial charge in [-0.25, -0.2) is 4.98 Å². The van der Waals surface area contributed by atoms with E-state index in [1.165, 1.54) is 0 Å². The fourth-order valence-electron chi connectivity index (χ4n) is 3.44. The number of unbranched alkanes of at least 4 members (excludes halogenated alkanes) is 1. The van der Waals surface area contributed by atoms with E-state index in [9.17, 15) is 4.79 Å². The van der Waals surface area contributed by atoms with E-state index >= 15 is 0 Å². The van der Waals surface area contributed by atoms with Gasteiger partial charge < -0.3 is 14.4 Å². The molecule has 0 spiro atoms. The molecule has 6 heteroatoms. The molecule has 0 N–H and O–H groups in total. The summed E-state index contributed by atoms with van der Waals surface area (Å²) in [6, 6.07) is 11.7. The number of nitrogens with zero attached hydrogens (tertiary/aromatic N) is 3. The minimum atomic E-state index is -0.117. The predicted octanol–water partition coefficient (Wildman–Crippen LogP) is 3.85. The first-order valence-electron chi connectivity index (χ1n) is 9.97.